The number of piperazine rings is 1. The molecule has 0 spiro atoms. The number of hydrogen-bond acceptors (Lipinski definition) is 3. The summed E-state index contributed by atoms with van der Waals surface area (Å²) in [5, 5.41) is 3.47. The first-order valence-electron chi connectivity index (χ1n) is 6.86. The van der Waals surface area contributed by atoms with Crippen LogP contribution in [0.2, 0.25) is 0 Å². The largest absolute Gasteiger partial charge is 0.497 e. The minimum Gasteiger partial charge on any atom is -0.497 e. The summed E-state index contributed by atoms with van der Waals surface area (Å²) in [6, 6.07) is 5.61. The third kappa shape index (κ3) is 3.00. The van der Waals surface area contributed by atoms with Gasteiger partial charge in [-0.25, -0.2) is 4.39 Å². The average molecular weight is 266 g/mol. The molecule has 1 saturated heterocycles. The van der Waals surface area contributed by atoms with Crippen molar-refractivity contribution in [3.05, 3.63) is 24.0 Å². The minimum atomic E-state index is -0.180. The number of nitrogens with zero attached hydrogens (tertiary/aromatic N) is 1. The molecule has 2 rings (SSSR count). The number of rotatable bonds is 3. The zero-order valence-electron chi connectivity index (χ0n) is 12.1. The van der Waals surface area contributed by atoms with Crippen LogP contribution in [0.15, 0.2) is 18.2 Å². The van der Waals surface area contributed by atoms with E-state index in [2.05, 4.69) is 31.0 Å². The molecule has 1 aliphatic heterocycles. The van der Waals surface area contributed by atoms with Crippen LogP contribution in [0.25, 0.3) is 0 Å². The van der Waals surface area contributed by atoms with Crippen molar-refractivity contribution in [3.63, 3.8) is 0 Å². The van der Waals surface area contributed by atoms with E-state index in [-0.39, 0.29) is 5.82 Å². The van der Waals surface area contributed by atoms with Crippen molar-refractivity contribution in [2.24, 2.45) is 5.92 Å². The Kier molecular flexibility index (Phi) is 4.30. The van der Waals surface area contributed by atoms with Crippen molar-refractivity contribution in [1.29, 1.82) is 0 Å². The monoisotopic (exact) mass is 266 g/mol. The Hall–Kier alpha value is -1.29. The van der Waals surface area contributed by atoms with Gasteiger partial charge in [0.1, 0.15) is 11.6 Å². The number of halogens is 1. The molecular formula is C15H23FN2O. The van der Waals surface area contributed by atoms with Crippen LogP contribution in [0.3, 0.4) is 0 Å². The number of nitrogens with one attached hydrogen (secondary N) is 1. The van der Waals surface area contributed by atoms with E-state index in [1.54, 1.807) is 19.2 Å². The lowest BCUT2D eigenvalue weighted by molar-refractivity contribution is 0.345. The van der Waals surface area contributed by atoms with Crippen LogP contribution in [-0.4, -0.2) is 32.3 Å². The van der Waals surface area contributed by atoms with Gasteiger partial charge in [0.05, 0.1) is 12.8 Å². The molecule has 1 fully saturated rings. The molecule has 1 heterocycles. The number of anilines is 1. The zero-order valence-corrected chi connectivity index (χ0v) is 12.1. The van der Waals surface area contributed by atoms with Crippen molar-refractivity contribution < 1.29 is 9.13 Å². The number of methoxy groups -OCH3 is 1. The molecule has 1 N–H and O–H groups in total. The Labute approximate surface area is 114 Å². The van der Waals surface area contributed by atoms with Crippen molar-refractivity contribution >= 4 is 5.69 Å². The maximum Gasteiger partial charge on any atom is 0.146 e. The summed E-state index contributed by atoms with van der Waals surface area (Å²) < 4.78 is 19.4. The van der Waals surface area contributed by atoms with E-state index in [1.807, 2.05) is 0 Å². The van der Waals surface area contributed by atoms with Crippen molar-refractivity contribution in [1.82, 2.24) is 5.32 Å². The molecule has 0 aliphatic carbocycles. The first-order chi connectivity index (χ1) is 9.02. The third-order valence-electron chi connectivity index (χ3n) is 3.78. The van der Waals surface area contributed by atoms with Gasteiger partial charge in [0.2, 0.25) is 0 Å². The summed E-state index contributed by atoms with van der Waals surface area (Å²) in [4.78, 5) is 2.17. The number of ether oxygens (including phenoxy) is 1. The van der Waals surface area contributed by atoms with Gasteiger partial charge in [-0.1, -0.05) is 13.8 Å². The van der Waals surface area contributed by atoms with E-state index >= 15 is 0 Å². The van der Waals surface area contributed by atoms with Crippen LogP contribution in [0.5, 0.6) is 5.75 Å². The second kappa shape index (κ2) is 5.78. The lowest BCUT2D eigenvalue weighted by Gasteiger charge is -2.43. The van der Waals surface area contributed by atoms with E-state index in [0.717, 1.165) is 13.1 Å². The molecule has 1 aromatic rings. The van der Waals surface area contributed by atoms with Gasteiger partial charge in [-0.3, -0.25) is 0 Å². The lowest BCUT2D eigenvalue weighted by atomic mass is 9.98. The lowest BCUT2D eigenvalue weighted by Crippen LogP contribution is -2.57. The van der Waals surface area contributed by atoms with Crippen molar-refractivity contribution in [2.45, 2.75) is 32.9 Å². The van der Waals surface area contributed by atoms with E-state index in [9.17, 15) is 4.39 Å². The molecule has 3 nitrogen and oxygen atoms in total. The van der Waals surface area contributed by atoms with Gasteiger partial charge >= 0.3 is 0 Å². The Morgan fingerprint density at radius 1 is 1.42 bits per heavy atom. The highest BCUT2D eigenvalue weighted by Gasteiger charge is 2.29. The Bertz CT molecular complexity index is 436. The molecule has 2 atom stereocenters. The van der Waals surface area contributed by atoms with Crippen LogP contribution in [0, 0.1) is 11.7 Å². The fraction of sp³-hybridized carbons (Fsp3) is 0.600. The molecule has 106 valence electrons. The molecule has 0 amide bonds. The van der Waals surface area contributed by atoms with Crippen LogP contribution < -0.4 is 15.0 Å². The van der Waals surface area contributed by atoms with Crippen LogP contribution in [0.1, 0.15) is 20.8 Å². The van der Waals surface area contributed by atoms with Crippen LogP contribution in [-0.2, 0) is 0 Å². The Morgan fingerprint density at radius 3 is 2.79 bits per heavy atom. The van der Waals surface area contributed by atoms with Gasteiger partial charge in [-0.2, -0.15) is 0 Å². The van der Waals surface area contributed by atoms with Gasteiger partial charge in [0, 0.05) is 31.2 Å². The van der Waals surface area contributed by atoms with E-state index < -0.39 is 0 Å². The van der Waals surface area contributed by atoms with E-state index in [1.165, 1.54) is 6.07 Å². The second-order valence-electron chi connectivity index (χ2n) is 5.59. The Morgan fingerprint density at radius 2 is 2.16 bits per heavy atom. The molecule has 1 aliphatic rings. The summed E-state index contributed by atoms with van der Waals surface area (Å²) in [7, 11) is 1.61. The van der Waals surface area contributed by atoms with Crippen LogP contribution in [0.4, 0.5) is 10.1 Å². The zero-order chi connectivity index (χ0) is 14.0. The molecule has 0 saturated carbocycles. The number of hydrogen-bond donors (Lipinski definition) is 1. The van der Waals surface area contributed by atoms with Crippen LogP contribution >= 0.6 is 0 Å². The fourth-order valence-electron chi connectivity index (χ4n) is 2.64. The highest BCUT2D eigenvalue weighted by atomic mass is 19.1. The molecule has 2 unspecified atom stereocenters. The molecule has 0 radical (unpaired) electrons. The summed E-state index contributed by atoms with van der Waals surface area (Å²) in [6.07, 6.45) is 0. The summed E-state index contributed by atoms with van der Waals surface area (Å²) in [6.45, 7) is 8.17. The average Bonchev–Trinajstić information content (AvgIpc) is 2.38. The number of benzene rings is 1. The highest BCUT2D eigenvalue weighted by Crippen LogP contribution is 2.29. The fourth-order valence-corrected chi connectivity index (χ4v) is 2.64. The molecule has 0 bridgehead atoms. The van der Waals surface area contributed by atoms with E-state index in [0.29, 0.717) is 29.4 Å². The molecule has 4 heteroatoms. The summed E-state index contributed by atoms with van der Waals surface area (Å²) >= 11 is 0. The van der Waals surface area contributed by atoms with Gasteiger partial charge in [0.25, 0.3) is 0 Å². The van der Waals surface area contributed by atoms with E-state index in [4.69, 9.17) is 4.74 Å². The maximum atomic E-state index is 14.1. The van der Waals surface area contributed by atoms with Gasteiger partial charge < -0.3 is 15.0 Å². The molecule has 0 aromatic heterocycles. The molecule has 19 heavy (non-hydrogen) atoms. The highest BCUT2D eigenvalue weighted by molar-refractivity contribution is 5.53. The predicted octanol–water partition coefficient (Wildman–Crippen LogP) is 2.66. The van der Waals surface area contributed by atoms with Gasteiger partial charge in [-0.15, -0.1) is 0 Å². The standard InChI is InChI=1S/C15H23FN2O/c1-10(2)15-8-17-11(3)9-18(15)14-7-12(19-4)5-6-13(14)16/h5-7,10-11,15,17H,8-9H2,1-4H3. The maximum absolute atomic E-state index is 14.1. The SMILES string of the molecule is COc1ccc(F)c(N2CC(C)NCC2C(C)C)c1. The van der Waals surface area contributed by atoms with Crippen molar-refractivity contribution in [2.75, 3.05) is 25.1 Å². The smallest absolute Gasteiger partial charge is 0.146 e. The third-order valence-corrected chi connectivity index (χ3v) is 3.78. The van der Waals surface area contributed by atoms with Crippen molar-refractivity contribution in [3.8, 4) is 5.75 Å². The quantitative estimate of drug-likeness (QED) is 0.910. The molecular weight excluding hydrogens is 243 g/mol. The molecule has 1 aromatic carbocycles. The topological polar surface area (TPSA) is 24.5 Å². The normalized spacial score (nSPS) is 23.8. The summed E-state index contributed by atoms with van der Waals surface area (Å²) in [5.41, 5.74) is 0.645. The first kappa shape index (κ1) is 14.1. The van der Waals surface area contributed by atoms with Gasteiger partial charge in [-0.05, 0) is 25.0 Å². The van der Waals surface area contributed by atoms with Gasteiger partial charge in [0.15, 0.2) is 0 Å². The predicted molar refractivity (Wildman–Crippen MR) is 76.4 cm³/mol. The second-order valence-corrected chi connectivity index (χ2v) is 5.59. The minimum absolute atomic E-state index is 0.180. The first-order valence-corrected chi connectivity index (χ1v) is 6.86. The summed E-state index contributed by atoms with van der Waals surface area (Å²) in [5.74, 6) is 0.983. The Balaban J connectivity index is 2.35.